The SMILES string of the molecule is Nc1ccnc(-c2ccc(OCc3ccccc3)cc2)n1. The Hall–Kier alpha value is -2.88. The van der Waals surface area contributed by atoms with E-state index in [2.05, 4.69) is 9.97 Å². The molecule has 0 fully saturated rings. The molecular formula is C17H15N3O. The molecule has 0 saturated heterocycles. The molecule has 2 aromatic carbocycles. The second kappa shape index (κ2) is 6.05. The van der Waals surface area contributed by atoms with E-state index in [4.69, 9.17) is 10.5 Å². The second-order valence-electron chi connectivity index (χ2n) is 4.60. The summed E-state index contributed by atoms with van der Waals surface area (Å²) in [7, 11) is 0. The molecule has 2 N–H and O–H groups in total. The number of nitrogens with two attached hydrogens (primary N) is 1. The van der Waals surface area contributed by atoms with E-state index in [1.807, 2.05) is 54.6 Å². The van der Waals surface area contributed by atoms with Crippen LogP contribution in [0.2, 0.25) is 0 Å². The average molecular weight is 277 g/mol. The summed E-state index contributed by atoms with van der Waals surface area (Å²) in [6.07, 6.45) is 1.65. The predicted molar refractivity (Wildman–Crippen MR) is 82.7 cm³/mol. The Morgan fingerprint density at radius 1 is 0.905 bits per heavy atom. The number of anilines is 1. The third kappa shape index (κ3) is 3.36. The second-order valence-corrected chi connectivity index (χ2v) is 4.60. The fraction of sp³-hybridized carbons (Fsp3) is 0.0588. The van der Waals surface area contributed by atoms with Crippen LogP contribution in [0.4, 0.5) is 5.82 Å². The summed E-state index contributed by atoms with van der Waals surface area (Å²) in [5.41, 5.74) is 7.71. The van der Waals surface area contributed by atoms with Crippen molar-refractivity contribution < 1.29 is 4.74 Å². The van der Waals surface area contributed by atoms with E-state index in [0.29, 0.717) is 18.2 Å². The minimum atomic E-state index is 0.462. The zero-order valence-electron chi connectivity index (χ0n) is 11.4. The highest BCUT2D eigenvalue weighted by Gasteiger charge is 2.02. The molecule has 4 heteroatoms. The van der Waals surface area contributed by atoms with Gasteiger partial charge < -0.3 is 10.5 Å². The molecule has 0 aliphatic heterocycles. The molecule has 1 heterocycles. The van der Waals surface area contributed by atoms with E-state index in [1.54, 1.807) is 12.3 Å². The van der Waals surface area contributed by atoms with E-state index in [-0.39, 0.29) is 0 Å². The number of ether oxygens (including phenoxy) is 1. The topological polar surface area (TPSA) is 61.0 Å². The molecule has 21 heavy (non-hydrogen) atoms. The van der Waals surface area contributed by atoms with Crippen LogP contribution in [-0.4, -0.2) is 9.97 Å². The standard InChI is InChI=1S/C17H15N3O/c18-16-10-11-19-17(20-16)14-6-8-15(9-7-14)21-12-13-4-2-1-3-5-13/h1-11H,12H2,(H2,18,19,20). The molecule has 0 aliphatic carbocycles. The number of nitrogens with zero attached hydrogens (tertiary/aromatic N) is 2. The van der Waals surface area contributed by atoms with Crippen molar-refractivity contribution in [3.8, 4) is 17.1 Å². The number of hydrogen-bond acceptors (Lipinski definition) is 4. The Kier molecular flexibility index (Phi) is 3.78. The minimum absolute atomic E-state index is 0.462. The Morgan fingerprint density at radius 2 is 1.67 bits per heavy atom. The molecule has 4 nitrogen and oxygen atoms in total. The van der Waals surface area contributed by atoms with Crippen molar-refractivity contribution in [1.29, 1.82) is 0 Å². The molecule has 0 unspecified atom stereocenters. The molecule has 0 saturated carbocycles. The summed E-state index contributed by atoms with van der Waals surface area (Å²) in [5, 5.41) is 0. The van der Waals surface area contributed by atoms with E-state index in [1.165, 1.54) is 0 Å². The fourth-order valence-corrected chi connectivity index (χ4v) is 1.95. The lowest BCUT2D eigenvalue weighted by Gasteiger charge is -2.07. The van der Waals surface area contributed by atoms with Crippen molar-refractivity contribution in [1.82, 2.24) is 9.97 Å². The minimum Gasteiger partial charge on any atom is -0.489 e. The van der Waals surface area contributed by atoms with Gasteiger partial charge in [-0.2, -0.15) is 0 Å². The van der Waals surface area contributed by atoms with Crippen molar-refractivity contribution in [3.63, 3.8) is 0 Å². The van der Waals surface area contributed by atoms with Crippen LogP contribution < -0.4 is 10.5 Å². The van der Waals surface area contributed by atoms with Gasteiger partial charge in [0.1, 0.15) is 18.2 Å². The number of rotatable bonds is 4. The first-order valence-electron chi connectivity index (χ1n) is 6.67. The Morgan fingerprint density at radius 3 is 2.38 bits per heavy atom. The first kappa shape index (κ1) is 13.1. The van der Waals surface area contributed by atoms with Gasteiger partial charge in [0.05, 0.1) is 0 Å². The molecule has 0 bridgehead atoms. The lowest BCUT2D eigenvalue weighted by molar-refractivity contribution is 0.306. The predicted octanol–water partition coefficient (Wildman–Crippen LogP) is 3.30. The van der Waals surface area contributed by atoms with Crippen LogP contribution in [0.3, 0.4) is 0 Å². The van der Waals surface area contributed by atoms with Crippen LogP contribution >= 0.6 is 0 Å². The number of hydrogen-bond donors (Lipinski definition) is 1. The maximum absolute atomic E-state index is 5.74. The van der Waals surface area contributed by atoms with Gasteiger partial charge in [0, 0.05) is 11.8 Å². The lowest BCUT2D eigenvalue weighted by Crippen LogP contribution is -1.96. The number of nitrogen functional groups attached to an aromatic ring is 1. The van der Waals surface area contributed by atoms with E-state index in [9.17, 15) is 0 Å². The van der Waals surface area contributed by atoms with Gasteiger partial charge in [-0.1, -0.05) is 30.3 Å². The van der Waals surface area contributed by atoms with Crippen molar-refractivity contribution in [3.05, 3.63) is 72.4 Å². The zero-order valence-corrected chi connectivity index (χ0v) is 11.4. The quantitative estimate of drug-likeness (QED) is 0.794. The smallest absolute Gasteiger partial charge is 0.161 e. The van der Waals surface area contributed by atoms with Gasteiger partial charge in [0.15, 0.2) is 5.82 Å². The molecule has 1 aromatic heterocycles. The van der Waals surface area contributed by atoms with Crippen LogP contribution in [0.5, 0.6) is 5.75 Å². The monoisotopic (exact) mass is 277 g/mol. The van der Waals surface area contributed by atoms with E-state index >= 15 is 0 Å². The van der Waals surface area contributed by atoms with Crippen LogP contribution in [-0.2, 0) is 6.61 Å². The van der Waals surface area contributed by atoms with Crippen LogP contribution in [0, 0.1) is 0 Å². The molecule has 0 amide bonds. The van der Waals surface area contributed by atoms with Gasteiger partial charge in [0.2, 0.25) is 0 Å². The maximum atomic E-state index is 5.74. The third-order valence-corrected chi connectivity index (χ3v) is 3.04. The molecular weight excluding hydrogens is 262 g/mol. The fourth-order valence-electron chi connectivity index (χ4n) is 1.95. The highest BCUT2D eigenvalue weighted by molar-refractivity contribution is 5.57. The van der Waals surface area contributed by atoms with Crippen molar-refractivity contribution in [2.24, 2.45) is 0 Å². The Bertz CT molecular complexity index is 712. The summed E-state index contributed by atoms with van der Waals surface area (Å²) >= 11 is 0. The van der Waals surface area contributed by atoms with Crippen LogP contribution in [0.25, 0.3) is 11.4 Å². The van der Waals surface area contributed by atoms with E-state index in [0.717, 1.165) is 16.9 Å². The van der Waals surface area contributed by atoms with Crippen LogP contribution in [0.1, 0.15) is 5.56 Å². The lowest BCUT2D eigenvalue weighted by atomic mass is 10.2. The number of benzene rings is 2. The first-order chi connectivity index (χ1) is 10.3. The van der Waals surface area contributed by atoms with Crippen LogP contribution in [0.15, 0.2) is 66.9 Å². The molecule has 0 spiro atoms. The molecule has 104 valence electrons. The molecule has 0 atom stereocenters. The van der Waals surface area contributed by atoms with Crippen molar-refractivity contribution >= 4 is 5.82 Å². The Labute approximate surface area is 123 Å². The summed E-state index contributed by atoms with van der Waals surface area (Å²) in [4.78, 5) is 8.39. The van der Waals surface area contributed by atoms with Gasteiger partial charge >= 0.3 is 0 Å². The van der Waals surface area contributed by atoms with Gasteiger partial charge in [-0.25, -0.2) is 9.97 Å². The molecule has 3 aromatic rings. The summed E-state index contributed by atoms with van der Waals surface area (Å²) in [5.74, 6) is 1.89. The van der Waals surface area contributed by atoms with Crippen molar-refractivity contribution in [2.45, 2.75) is 6.61 Å². The zero-order chi connectivity index (χ0) is 14.5. The maximum Gasteiger partial charge on any atom is 0.161 e. The average Bonchev–Trinajstić information content (AvgIpc) is 2.54. The molecule has 0 aliphatic rings. The Balaban J connectivity index is 1.69. The molecule has 3 rings (SSSR count). The van der Waals surface area contributed by atoms with Crippen molar-refractivity contribution in [2.75, 3.05) is 5.73 Å². The van der Waals surface area contributed by atoms with E-state index < -0.39 is 0 Å². The molecule has 0 radical (unpaired) electrons. The summed E-state index contributed by atoms with van der Waals surface area (Å²) in [6.45, 7) is 0.551. The van der Waals surface area contributed by atoms with Gasteiger partial charge in [0.25, 0.3) is 0 Å². The highest BCUT2D eigenvalue weighted by atomic mass is 16.5. The highest BCUT2D eigenvalue weighted by Crippen LogP contribution is 2.20. The first-order valence-corrected chi connectivity index (χ1v) is 6.67. The van der Waals surface area contributed by atoms with Gasteiger partial charge in [-0.15, -0.1) is 0 Å². The summed E-state index contributed by atoms with van der Waals surface area (Å²) in [6, 6.07) is 19.4. The third-order valence-electron chi connectivity index (χ3n) is 3.04. The largest absolute Gasteiger partial charge is 0.489 e. The summed E-state index contributed by atoms with van der Waals surface area (Å²) < 4.78 is 5.74. The van der Waals surface area contributed by atoms with Gasteiger partial charge in [-0.05, 0) is 35.9 Å². The number of aromatic nitrogens is 2. The normalized spacial score (nSPS) is 10.3. The van der Waals surface area contributed by atoms with Gasteiger partial charge in [-0.3, -0.25) is 0 Å².